The highest BCUT2D eigenvalue weighted by Crippen LogP contribution is 2.33. The molecular formula is C20H28N4O2S. The van der Waals surface area contributed by atoms with E-state index in [-0.39, 0.29) is 17.7 Å². The molecule has 1 aliphatic rings. The van der Waals surface area contributed by atoms with E-state index in [0.29, 0.717) is 13.0 Å². The molecule has 0 radical (unpaired) electrons. The average Bonchev–Trinajstić information content (AvgIpc) is 3.21. The van der Waals surface area contributed by atoms with Crippen LogP contribution in [0.3, 0.4) is 0 Å². The zero-order chi connectivity index (χ0) is 19.6. The number of nitrogens with zero attached hydrogens (tertiary/aromatic N) is 3. The first-order valence-corrected chi connectivity index (χ1v) is 10.3. The molecule has 1 unspecified atom stereocenters. The number of fused-ring (bicyclic) bond motifs is 1. The first-order valence-electron chi connectivity index (χ1n) is 9.53. The largest absolute Gasteiger partial charge is 0.352 e. The van der Waals surface area contributed by atoms with Crippen molar-refractivity contribution in [2.45, 2.75) is 52.6 Å². The van der Waals surface area contributed by atoms with Crippen molar-refractivity contribution in [3.8, 4) is 0 Å². The third-order valence-electron chi connectivity index (χ3n) is 5.02. The van der Waals surface area contributed by atoms with Gasteiger partial charge in [0.2, 0.25) is 5.91 Å². The number of aromatic nitrogens is 2. The van der Waals surface area contributed by atoms with E-state index in [1.807, 2.05) is 23.9 Å². The molecule has 0 spiro atoms. The molecule has 2 heterocycles. The van der Waals surface area contributed by atoms with E-state index < -0.39 is 0 Å². The summed E-state index contributed by atoms with van der Waals surface area (Å²) in [6.07, 6.45) is 5.48. The van der Waals surface area contributed by atoms with Crippen LogP contribution < -0.4 is 5.32 Å². The molecule has 2 aromatic heterocycles. The van der Waals surface area contributed by atoms with Crippen molar-refractivity contribution < 1.29 is 9.59 Å². The van der Waals surface area contributed by atoms with Crippen molar-refractivity contribution in [1.82, 2.24) is 20.0 Å². The van der Waals surface area contributed by atoms with Crippen LogP contribution in [-0.2, 0) is 30.7 Å². The highest BCUT2D eigenvalue weighted by molar-refractivity contribution is 7.14. The van der Waals surface area contributed by atoms with Crippen molar-refractivity contribution >= 4 is 23.2 Å². The molecule has 2 amide bonds. The number of nitrogens with one attached hydrogen (secondary N) is 1. The normalized spacial score (nSPS) is 16.1. The Bertz CT molecular complexity index is 837. The summed E-state index contributed by atoms with van der Waals surface area (Å²) in [7, 11) is 3.53. The van der Waals surface area contributed by atoms with Gasteiger partial charge in [-0.15, -0.1) is 11.3 Å². The van der Waals surface area contributed by atoms with Crippen LogP contribution in [0.25, 0.3) is 0 Å². The number of carbonyl (C=O) groups excluding carboxylic acids is 2. The Morgan fingerprint density at radius 3 is 2.89 bits per heavy atom. The van der Waals surface area contributed by atoms with E-state index in [4.69, 9.17) is 0 Å². The Hall–Kier alpha value is -2.15. The molecule has 0 saturated carbocycles. The van der Waals surface area contributed by atoms with Gasteiger partial charge in [0, 0.05) is 49.7 Å². The summed E-state index contributed by atoms with van der Waals surface area (Å²) in [6.45, 7) is 5.52. The molecule has 1 aliphatic carbocycles. The van der Waals surface area contributed by atoms with Crippen LogP contribution in [0.2, 0.25) is 0 Å². The summed E-state index contributed by atoms with van der Waals surface area (Å²) in [5.41, 5.74) is 3.20. The number of amides is 2. The first kappa shape index (κ1) is 19.6. The van der Waals surface area contributed by atoms with Gasteiger partial charge in [-0.05, 0) is 44.2 Å². The molecule has 6 nitrogen and oxygen atoms in total. The van der Waals surface area contributed by atoms with Gasteiger partial charge < -0.3 is 10.2 Å². The summed E-state index contributed by atoms with van der Waals surface area (Å²) in [5, 5.41) is 7.56. The van der Waals surface area contributed by atoms with Crippen molar-refractivity contribution in [3.05, 3.63) is 38.8 Å². The molecule has 0 saturated heterocycles. The maximum absolute atomic E-state index is 12.7. The number of hydrogen-bond donors (Lipinski definition) is 1. The van der Waals surface area contributed by atoms with Gasteiger partial charge in [0.05, 0.1) is 10.6 Å². The van der Waals surface area contributed by atoms with Crippen LogP contribution in [-0.4, -0.2) is 40.6 Å². The monoisotopic (exact) mass is 388 g/mol. The van der Waals surface area contributed by atoms with Gasteiger partial charge in [-0.2, -0.15) is 5.10 Å². The number of rotatable bonds is 6. The van der Waals surface area contributed by atoms with Gasteiger partial charge in [-0.25, -0.2) is 0 Å². The highest BCUT2D eigenvalue weighted by atomic mass is 32.1. The number of thiophene rings is 1. The first-order chi connectivity index (χ1) is 12.9. The highest BCUT2D eigenvalue weighted by Gasteiger charge is 2.27. The summed E-state index contributed by atoms with van der Waals surface area (Å²) >= 11 is 1.57. The Morgan fingerprint density at radius 1 is 1.41 bits per heavy atom. The molecule has 7 heteroatoms. The summed E-state index contributed by atoms with van der Waals surface area (Å²) in [6, 6.07) is 1.97. The summed E-state index contributed by atoms with van der Waals surface area (Å²) in [5.74, 6) is 0.102. The van der Waals surface area contributed by atoms with E-state index in [9.17, 15) is 9.59 Å². The third kappa shape index (κ3) is 4.40. The zero-order valence-corrected chi connectivity index (χ0v) is 17.4. The fourth-order valence-corrected chi connectivity index (χ4v) is 4.71. The van der Waals surface area contributed by atoms with Crippen LogP contribution in [0.4, 0.5) is 0 Å². The number of carbonyl (C=O) groups is 2. The quantitative estimate of drug-likeness (QED) is 0.827. The second kappa shape index (κ2) is 8.25. The molecule has 146 valence electrons. The Kier molecular flexibility index (Phi) is 5.99. The van der Waals surface area contributed by atoms with Gasteiger partial charge in [-0.1, -0.05) is 6.92 Å². The number of aryl methyl sites for hydroxylation is 3. The lowest BCUT2D eigenvalue weighted by Gasteiger charge is -2.21. The molecule has 27 heavy (non-hydrogen) atoms. The molecule has 1 atom stereocenters. The molecule has 0 bridgehead atoms. The maximum Gasteiger partial charge on any atom is 0.263 e. The maximum atomic E-state index is 12.7. The Morgan fingerprint density at radius 2 is 2.19 bits per heavy atom. The van der Waals surface area contributed by atoms with E-state index in [0.717, 1.165) is 47.5 Å². The van der Waals surface area contributed by atoms with Crippen LogP contribution in [0, 0.1) is 12.8 Å². The van der Waals surface area contributed by atoms with E-state index in [2.05, 4.69) is 17.3 Å². The van der Waals surface area contributed by atoms with Crippen molar-refractivity contribution in [2.24, 2.45) is 5.92 Å². The second-order valence-corrected chi connectivity index (χ2v) is 8.56. The zero-order valence-electron chi connectivity index (χ0n) is 16.5. The molecule has 3 rings (SSSR count). The smallest absolute Gasteiger partial charge is 0.263 e. The van der Waals surface area contributed by atoms with Gasteiger partial charge in [0.15, 0.2) is 0 Å². The van der Waals surface area contributed by atoms with E-state index >= 15 is 0 Å². The third-order valence-corrected chi connectivity index (χ3v) is 6.25. The lowest BCUT2D eigenvalue weighted by atomic mass is 9.87. The van der Waals surface area contributed by atoms with Crippen LogP contribution in [0.5, 0.6) is 0 Å². The van der Waals surface area contributed by atoms with Crippen molar-refractivity contribution in [2.75, 3.05) is 14.1 Å². The number of hydrogen-bond acceptors (Lipinski definition) is 4. The average molecular weight is 389 g/mol. The molecular weight excluding hydrogens is 360 g/mol. The molecule has 1 N–H and O–H groups in total. The lowest BCUT2D eigenvalue weighted by Crippen LogP contribution is -2.33. The van der Waals surface area contributed by atoms with Crippen LogP contribution >= 0.6 is 11.3 Å². The topological polar surface area (TPSA) is 67.2 Å². The Labute approximate surface area is 164 Å². The fraction of sp³-hybridized carbons (Fsp3) is 0.550. The van der Waals surface area contributed by atoms with Crippen molar-refractivity contribution in [3.63, 3.8) is 0 Å². The Balaban J connectivity index is 1.60. The van der Waals surface area contributed by atoms with Gasteiger partial charge in [-0.3, -0.25) is 14.3 Å². The SMILES string of the molecule is CCCn1cc(CNC(=O)C2CCc3sc(C(=O)N(C)C)cc3C2)c(C)n1. The molecule has 2 aromatic rings. The van der Waals surface area contributed by atoms with Gasteiger partial charge in [0.25, 0.3) is 5.91 Å². The minimum atomic E-state index is -0.0274. The fourth-order valence-electron chi connectivity index (χ4n) is 3.48. The van der Waals surface area contributed by atoms with Crippen molar-refractivity contribution in [1.29, 1.82) is 0 Å². The van der Waals surface area contributed by atoms with Gasteiger partial charge in [0.1, 0.15) is 0 Å². The second-order valence-electron chi connectivity index (χ2n) is 7.42. The standard InChI is InChI=1S/C20H28N4O2S/c1-5-8-24-12-16(13(2)22-24)11-21-19(25)14-6-7-17-15(9-14)10-18(27-17)20(26)23(3)4/h10,12,14H,5-9,11H2,1-4H3,(H,21,25). The van der Waals surface area contributed by atoms with E-state index in [1.54, 1.807) is 30.3 Å². The van der Waals surface area contributed by atoms with Gasteiger partial charge >= 0.3 is 0 Å². The minimum Gasteiger partial charge on any atom is -0.352 e. The molecule has 0 aliphatic heterocycles. The summed E-state index contributed by atoms with van der Waals surface area (Å²) < 4.78 is 1.94. The predicted molar refractivity (Wildman–Crippen MR) is 107 cm³/mol. The van der Waals surface area contributed by atoms with Crippen LogP contribution in [0.15, 0.2) is 12.3 Å². The minimum absolute atomic E-state index is 0.0274. The summed E-state index contributed by atoms with van der Waals surface area (Å²) in [4.78, 5) is 28.4. The van der Waals surface area contributed by atoms with E-state index in [1.165, 1.54) is 4.88 Å². The lowest BCUT2D eigenvalue weighted by molar-refractivity contribution is -0.125. The molecule has 0 fully saturated rings. The van der Waals surface area contributed by atoms with Crippen LogP contribution in [0.1, 0.15) is 51.1 Å². The predicted octanol–water partition coefficient (Wildman–Crippen LogP) is 2.79. The molecule has 0 aromatic carbocycles.